The first-order valence-electron chi connectivity index (χ1n) is 6.96. The molecule has 1 saturated carbocycles. The second kappa shape index (κ2) is 7.02. The van der Waals surface area contributed by atoms with Gasteiger partial charge in [-0.1, -0.05) is 35.0 Å². The van der Waals surface area contributed by atoms with E-state index in [1.807, 2.05) is 6.07 Å². The Hall–Kier alpha value is -0.430. The van der Waals surface area contributed by atoms with Crippen molar-refractivity contribution in [2.75, 3.05) is 18.8 Å². The van der Waals surface area contributed by atoms with Gasteiger partial charge in [0.05, 0.1) is 5.75 Å². The van der Waals surface area contributed by atoms with Crippen LogP contribution in [0.2, 0.25) is 0 Å². The summed E-state index contributed by atoms with van der Waals surface area (Å²) in [6.45, 7) is 2.77. The van der Waals surface area contributed by atoms with E-state index in [0.717, 1.165) is 17.3 Å². The lowest BCUT2D eigenvalue weighted by atomic mass is 9.76. The topological polar surface area (TPSA) is 58.2 Å². The molecule has 2 N–H and O–H groups in total. The van der Waals surface area contributed by atoms with E-state index in [1.54, 1.807) is 6.92 Å². The fourth-order valence-corrected chi connectivity index (χ4v) is 3.89. The molecular formula is C14H21BrN2O2S. The van der Waals surface area contributed by atoms with E-state index in [9.17, 15) is 8.42 Å². The highest BCUT2D eigenvalue weighted by Crippen LogP contribution is 2.37. The van der Waals surface area contributed by atoms with Crippen LogP contribution in [0.4, 0.5) is 0 Å². The third kappa shape index (κ3) is 4.55. The van der Waals surface area contributed by atoms with Crippen LogP contribution >= 0.6 is 15.9 Å². The van der Waals surface area contributed by atoms with Gasteiger partial charge in [-0.3, -0.25) is 0 Å². The average Bonchev–Trinajstić information content (AvgIpc) is 2.31. The Kier molecular flexibility index (Phi) is 5.60. The SMILES string of the molecule is CCNS(=O)(=O)CCNC1CC(c2cccc(Br)c2)C1. The lowest BCUT2D eigenvalue weighted by Crippen LogP contribution is -2.43. The summed E-state index contributed by atoms with van der Waals surface area (Å²) < 4.78 is 26.6. The average molecular weight is 361 g/mol. The largest absolute Gasteiger partial charge is 0.313 e. The van der Waals surface area contributed by atoms with Gasteiger partial charge in [-0.15, -0.1) is 0 Å². The summed E-state index contributed by atoms with van der Waals surface area (Å²) in [5, 5.41) is 3.32. The standard InChI is InChI=1S/C14H21BrN2O2S/c1-2-17-20(18,19)7-6-16-14-9-12(10-14)11-4-3-5-13(15)8-11/h3-5,8,12,14,16-17H,2,6-7,9-10H2,1H3. The van der Waals surface area contributed by atoms with E-state index in [2.05, 4.69) is 44.2 Å². The minimum Gasteiger partial charge on any atom is -0.313 e. The zero-order valence-electron chi connectivity index (χ0n) is 11.6. The maximum atomic E-state index is 11.5. The molecule has 112 valence electrons. The quantitative estimate of drug-likeness (QED) is 0.783. The molecule has 20 heavy (non-hydrogen) atoms. The van der Waals surface area contributed by atoms with E-state index in [1.165, 1.54) is 5.56 Å². The minimum atomic E-state index is -3.10. The second-order valence-electron chi connectivity index (χ2n) is 5.19. The molecule has 0 aromatic heterocycles. The highest BCUT2D eigenvalue weighted by Gasteiger charge is 2.29. The number of hydrogen-bond donors (Lipinski definition) is 2. The van der Waals surface area contributed by atoms with E-state index in [4.69, 9.17) is 0 Å². The van der Waals surface area contributed by atoms with Crippen LogP contribution in [-0.2, 0) is 10.0 Å². The van der Waals surface area contributed by atoms with Crippen LogP contribution in [0.15, 0.2) is 28.7 Å². The van der Waals surface area contributed by atoms with Gasteiger partial charge in [-0.25, -0.2) is 13.1 Å². The van der Waals surface area contributed by atoms with Crippen molar-refractivity contribution < 1.29 is 8.42 Å². The Labute approximate surface area is 129 Å². The van der Waals surface area contributed by atoms with Gasteiger partial charge in [0.2, 0.25) is 10.0 Å². The molecule has 2 rings (SSSR count). The summed E-state index contributed by atoms with van der Waals surface area (Å²) in [4.78, 5) is 0. The zero-order chi connectivity index (χ0) is 14.6. The summed E-state index contributed by atoms with van der Waals surface area (Å²) in [6, 6.07) is 8.85. The minimum absolute atomic E-state index is 0.152. The monoisotopic (exact) mass is 360 g/mol. The van der Waals surface area contributed by atoms with Gasteiger partial charge in [0.15, 0.2) is 0 Å². The van der Waals surface area contributed by atoms with E-state index in [-0.39, 0.29) is 5.75 Å². The van der Waals surface area contributed by atoms with Crippen molar-refractivity contribution >= 4 is 26.0 Å². The van der Waals surface area contributed by atoms with E-state index in [0.29, 0.717) is 25.0 Å². The van der Waals surface area contributed by atoms with E-state index < -0.39 is 10.0 Å². The normalized spacial score (nSPS) is 22.5. The third-order valence-corrected chi connectivity index (χ3v) is 5.59. The molecule has 0 heterocycles. The number of rotatable bonds is 7. The number of sulfonamides is 1. The van der Waals surface area contributed by atoms with Crippen LogP contribution in [-0.4, -0.2) is 33.3 Å². The van der Waals surface area contributed by atoms with Crippen molar-refractivity contribution in [1.29, 1.82) is 0 Å². The van der Waals surface area contributed by atoms with Gasteiger partial charge in [-0.2, -0.15) is 0 Å². The molecule has 0 saturated heterocycles. The van der Waals surface area contributed by atoms with Crippen LogP contribution in [0.25, 0.3) is 0 Å². The molecule has 0 spiro atoms. The Morgan fingerprint density at radius 3 is 2.75 bits per heavy atom. The van der Waals surface area contributed by atoms with Gasteiger partial charge in [-0.05, 0) is 36.5 Å². The molecule has 4 nitrogen and oxygen atoms in total. The third-order valence-electron chi connectivity index (χ3n) is 3.63. The number of halogens is 1. The van der Waals surface area contributed by atoms with Crippen LogP contribution < -0.4 is 10.0 Å². The van der Waals surface area contributed by atoms with E-state index >= 15 is 0 Å². The first kappa shape index (κ1) is 15.9. The molecule has 1 aromatic rings. The fourth-order valence-electron chi connectivity index (χ4n) is 2.51. The molecule has 0 atom stereocenters. The molecule has 6 heteroatoms. The number of hydrogen-bond acceptors (Lipinski definition) is 3. The zero-order valence-corrected chi connectivity index (χ0v) is 14.0. The highest BCUT2D eigenvalue weighted by molar-refractivity contribution is 9.10. The first-order chi connectivity index (χ1) is 9.50. The fraction of sp³-hybridized carbons (Fsp3) is 0.571. The van der Waals surface area contributed by atoms with Gasteiger partial charge in [0.25, 0.3) is 0 Å². The van der Waals surface area contributed by atoms with Crippen LogP contribution in [0.3, 0.4) is 0 Å². The summed E-state index contributed by atoms with van der Waals surface area (Å²) in [5.41, 5.74) is 1.36. The molecular weight excluding hydrogens is 340 g/mol. The predicted molar refractivity (Wildman–Crippen MR) is 85.4 cm³/mol. The van der Waals surface area contributed by atoms with Crippen molar-refractivity contribution in [3.05, 3.63) is 34.3 Å². The van der Waals surface area contributed by atoms with Crippen LogP contribution in [0.1, 0.15) is 31.2 Å². The first-order valence-corrected chi connectivity index (χ1v) is 9.41. The molecule has 1 aromatic carbocycles. The van der Waals surface area contributed by atoms with Gasteiger partial charge in [0, 0.05) is 23.6 Å². The Bertz CT molecular complexity index is 542. The molecule has 0 radical (unpaired) electrons. The van der Waals surface area contributed by atoms with Crippen molar-refractivity contribution in [2.45, 2.75) is 31.7 Å². The Morgan fingerprint density at radius 1 is 1.35 bits per heavy atom. The summed E-state index contributed by atoms with van der Waals surface area (Å²) >= 11 is 3.49. The van der Waals surface area contributed by atoms with Crippen molar-refractivity contribution in [2.24, 2.45) is 0 Å². The molecule has 0 aliphatic heterocycles. The predicted octanol–water partition coefficient (Wildman–Crippen LogP) is 2.22. The number of benzene rings is 1. The maximum Gasteiger partial charge on any atom is 0.212 e. The van der Waals surface area contributed by atoms with Crippen LogP contribution in [0, 0.1) is 0 Å². The second-order valence-corrected chi connectivity index (χ2v) is 8.03. The summed E-state index contributed by atoms with van der Waals surface area (Å²) in [6.07, 6.45) is 2.16. The molecule has 0 bridgehead atoms. The number of nitrogens with one attached hydrogen (secondary N) is 2. The molecule has 0 unspecified atom stereocenters. The van der Waals surface area contributed by atoms with Crippen LogP contribution in [0.5, 0.6) is 0 Å². The van der Waals surface area contributed by atoms with Gasteiger partial charge >= 0.3 is 0 Å². The highest BCUT2D eigenvalue weighted by atomic mass is 79.9. The van der Waals surface area contributed by atoms with Gasteiger partial charge < -0.3 is 5.32 Å². The molecule has 1 aliphatic rings. The molecule has 1 aliphatic carbocycles. The molecule has 0 amide bonds. The van der Waals surface area contributed by atoms with Gasteiger partial charge in [0.1, 0.15) is 0 Å². The summed E-state index contributed by atoms with van der Waals surface area (Å²) in [5.74, 6) is 0.745. The smallest absolute Gasteiger partial charge is 0.212 e. The van der Waals surface area contributed by atoms with Crippen molar-refractivity contribution in [1.82, 2.24) is 10.0 Å². The summed E-state index contributed by atoms with van der Waals surface area (Å²) in [7, 11) is -3.10. The molecule has 1 fully saturated rings. The lowest BCUT2D eigenvalue weighted by molar-refractivity contribution is 0.296. The lowest BCUT2D eigenvalue weighted by Gasteiger charge is -2.36. The van der Waals surface area contributed by atoms with Crippen molar-refractivity contribution in [3.8, 4) is 0 Å². The Balaban J connectivity index is 1.70. The maximum absolute atomic E-state index is 11.5. The Morgan fingerprint density at radius 2 is 2.10 bits per heavy atom. The van der Waals surface area contributed by atoms with Crippen molar-refractivity contribution in [3.63, 3.8) is 0 Å².